The molecule has 1 aromatic heterocycles. The van der Waals surface area contributed by atoms with Crippen LogP contribution in [0.4, 0.5) is 5.13 Å². The van der Waals surface area contributed by atoms with Gasteiger partial charge in [0, 0.05) is 23.3 Å². The molecule has 100 valence electrons. The van der Waals surface area contributed by atoms with Gasteiger partial charge in [0.25, 0.3) is 0 Å². The highest BCUT2D eigenvalue weighted by Crippen LogP contribution is 2.40. The molecule has 2 saturated carbocycles. The Balaban J connectivity index is 1.68. The number of hydrogen-bond donors (Lipinski definition) is 1. The van der Waals surface area contributed by atoms with Gasteiger partial charge in [0.2, 0.25) is 5.13 Å². The third-order valence-electron chi connectivity index (χ3n) is 4.24. The van der Waals surface area contributed by atoms with Gasteiger partial charge >= 0.3 is 0 Å². The fourth-order valence-corrected chi connectivity index (χ4v) is 3.73. The standard InChI is InChI=1S/C13H20ClN3S/c1-9-4-6-13(8-14,7-5-9)16-12-15-11(17-18-12)10-2-3-10/h9-10H,2-8H2,1H3,(H,15,16,17). The zero-order valence-corrected chi connectivity index (χ0v) is 12.4. The quantitative estimate of drug-likeness (QED) is 0.849. The molecular formula is C13H20ClN3S. The van der Waals surface area contributed by atoms with Crippen molar-refractivity contribution in [2.24, 2.45) is 5.92 Å². The molecule has 0 aliphatic heterocycles. The Morgan fingerprint density at radius 3 is 2.67 bits per heavy atom. The van der Waals surface area contributed by atoms with Crippen LogP contribution in [0.15, 0.2) is 0 Å². The Morgan fingerprint density at radius 2 is 2.06 bits per heavy atom. The second-order valence-electron chi connectivity index (χ2n) is 5.95. The number of nitrogens with zero attached hydrogens (tertiary/aromatic N) is 2. The van der Waals surface area contributed by atoms with E-state index in [0.717, 1.165) is 29.7 Å². The molecule has 0 saturated heterocycles. The largest absolute Gasteiger partial charge is 0.354 e. The second-order valence-corrected chi connectivity index (χ2v) is 6.97. The van der Waals surface area contributed by atoms with Crippen molar-refractivity contribution >= 4 is 28.3 Å². The highest BCUT2D eigenvalue weighted by molar-refractivity contribution is 7.09. The van der Waals surface area contributed by atoms with E-state index in [1.54, 1.807) is 0 Å². The van der Waals surface area contributed by atoms with Gasteiger partial charge in [-0.3, -0.25) is 0 Å². The first-order valence-electron chi connectivity index (χ1n) is 6.88. The van der Waals surface area contributed by atoms with Crippen LogP contribution < -0.4 is 5.32 Å². The molecule has 0 amide bonds. The van der Waals surface area contributed by atoms with E-state index < -0.39 is 0 Å². The third kappa shape index (κ3) is 2.64. The predicted molar refractivity (Wildman–Crippen MR) is 76.6 cm³/mol. The molecule has 0 aromatic carbocycles. The van der Waals surface area contributed by atoms with Crippen molar-refractivity contribution in [3.05, 3.63) is 5.82 Å². The summed E-state index contributed by atoms with van der Waals surface area (Å²) in [6.45, 7) is 2.33. The molecule has 1 aromatic rings. The van der Waals surface area contributed by atoms with Crippen LogP contribution >= 0.6 is 23.1 Å². The molecule has 3 nitrogen and oxygen atoms in total. The smallest absolute Gasteiger partial charge is 0.203 e. The molecule has 1 heterocycles. The van der Waals surface area contributed by atoms with Crippen molar-refractivity contribution in [1.82, 2.24) is 9.36 Å². The van der Waals surface area contributed by atoms with Crippen LogP contribution in [0.3, 0.4) is 0 Å². The van der Waals surface area contributed by atoms with Crippen LogP contribution in [0.1, 0.15) is 57.2 Å². The van der Waals surface area contributed by atoms with Gasteiger partial charge in [0.05, 0.1) is 5.54 Å². The van der Waals surface area contributed by atoms with Crippen molar-refractivity contribution < 1.29 is 0 Å². The van der Waals surface area contributed by atoms with E-state index in [1.807, 2.05) is 0 Å². The van der Waals surface area contributed by atoms with Gasteiger partial charge < -0.3 is 5.32 Å². The fourth-order valence-electron chi connectivity index (χ4n) is 2.63. The monoisotopic (exact) mass is 285 g/mol. The highest BCUT2D eigenvalue weighted by Gasteiger charge is 2.35. The number of nitrogens with one attached hydrogen (secondary N) is 1. The molecule has 2 fully saturated rings. The first-order valence-corrected chi connectivity index (χ1v) is 8.19. The van der Waals surface area contributed by atoms with Gasteiger partial charge in [-0.1, -0.05) is 6.92 Å². The van der Waals surface area contributed by atoms with Crippen LogP contribution in [0.5, 0.6) is 0 Å². The number of aromatic nitrogens is 2. The molecule has 3 rings (SSSR count). The first-order chi connectivity index (χ1) is 8.71. The van der Waals surface area contributed by atoms with E-state index in [2.05, 4.69) is 21.6 Å². The first kappa shape index (κ1) is 12.7. The van der Waals surface area contributed by atoms with Crippen LogP contribution in [-0.4, -0.2) is 20.8 Å². The van der Waals surface area contributed by atoms with Gasteiger partial charge in [-0.2, -0.15) is 4.37 Å². The molecule has 1 N–H and O–H groups in total. The molecule has 2 aliphatic rings. The molecule has 2 aliphatic carbocycles. The molecule has 0 spiro atoms. The van der Waals surface area contributed by atoms with E-state index in [4.69, 9.17) is 11.6 Å². The van der Waals surface area contributed by atoms with Gasteiger partial charge in [0.15, 0.2) is 0 Å². The minimum Gasteiger partial charge on any atom is -0.354 e. The summed E-state index contributed by atoms with van der Waals surface area (Å²) in [5.41, 5.74) is 0.0500. The lowest BCUT2D eigenvalue weighted by Crippen LogP contribution is -2.43. The Kier molecular flexibility index (Phi) is 3.50. The minimum absolute atomic E-state index is 0.0500. The maximum absolute atomic E-state index is 6.21. The Hall–Kier alpha value is -0.350. The average molecular weight is 286 g/mol. The van der Waals surface area contributed by atoms with Crippen LogP contribution in [0, 0.1) is 5.92 Å². The predicted octanol–water partition coefficient (Wildman–Crippen LogP) is 4.02. The molecule has 0 bridgehead atoms. The number of anilines is 1. The van der Waals surface area contributed by atoms with E-state index in [-0.39, 0.29) is 5.54 Å². The van der Waals surface area contributed by atoms with Gasteiger partial charge in [-0.15, -0.1) is 11.6 Å². The Morgan fingerprint density at radius 1 is 1.33 bits per heavy atom. The summed E-state index contributed by atoms with van der Waals surface area (Å²) in [6.07, 6.45) is 7.33. The highest BCUT2D eigenvalue weighted by atomic mass is 35.5. The Bertz CT molecular complexity index is 408. The molecule has 18 heavy (non-hydrogen) atoms. The van der Waals surface area contributed by atoms with Crippen LogP contribution in [0.25, 0.3) is 0 Å². The van der Waals surface area contributed by atoms with E-state index in [1.165, 1.54) is 37.2 Å². The lowest BCUT2D eigenvalue weighted by atomic mass is 9.78. The van der Waals surface area contributed by atoms with Crippen LogP contribution in [0.2, 0.25) is 0 Å². The van der Waals surface area contributed by atoms with Crippen molar-refractivity contribution in [2.45, 2.75) is 56.9 Å². The van der Waals surface area contributed by atoms with Gasteiger partial charge in [0.1, 0.15) is 5.82 Å². The topological polar surface area (TPSA) is 37.8 Å². The van der Waals surface area contributed by atoms with Crippen molar-refractivity contribution in [1.29, 1.82) is 0 Å². The summed E-state index contributed by atoms with van der Waals surface area (Å²) in [5, 5.41) is 4.55. The maximum Gasteiger partial charge on any atom is 0.203 e. The zero-order chi connectivity index (χ0) is 12.6. The molecule has 5 heteroatoms. The van der Waals surface area contributed by atoms with Crippen LogP contribution in [-0.2, 0) is 0 Å². The van der Waals surface area contributed by atoms with E-state index in [9.17, 15) is 0 Å². The van der Waals surface area contributed by atoms with Gasteiger partial charge in [-0.25, -0.2) is 4.98 Å². The minimum atomic E-state index is 0.0500. The molecular weight excluding hydrogens is 266 g/mol. The zero-order valence-electron chi connectivity index (χ0n) is 10.8. The number of halogens is 1. The normalized spacial score (nSPS) is 32.4. The Labute approximate surface area is 118 Å². The van der Waals surface area contributed by atoms with E-state index in [0.29, 0.717) is 11.8 Å². The molecule has 0 unspecified atom stereocenters. The number of rotatable bonds is 4. The summed E-state index contributed by atoms with van der Waals surface area (Å²) >= 11 is 7.71. The SMILES string of the molecule is CC1CCC(CCl)(Nc2nc(C3CC3)ns2)CC1. The third-order valence-corrected chi connectivity index (χ3v) is 5.40. The average Bonchev–Trinajstić information content (AvgIpc) is 3.14. The summed E-state index contributed by atoms with van der Waals surface area (Å²) in [7, 11) is 0. The second kappa shape index (κ2) is 4.97. The number of alkyl halides is 1. The number of hydrogen-bond acceptors (Lipinski definition) is 4. The van der Waals surface area contributed by atoms with Gasteiger partial charge in [-0.05, 0) is 44.4 Å². The lowest BCUT2D eigenvalue weighted by Gasteiger charge is -2.38. The fraction of sp³-hybridized carbons (Fsp3) is 0.846. The summed E-state index contributed by atoms with van der Waals surface area (Å²) in [4.78, 5) is 4.62. The maximum atomic E-state index is 6.21. The summed E-state index contributed by atoms with van der Waals surface area (Å²) in [5.74, 6) is 3.17. The van der Waals surface area contributed by atoms with Crippen molar-refractivity contribution in [3.8, 4) is 0 Å². The summed E-state index contributed by atoms with van der Waals surface area (Å²) < 4.78 is 4.45. The lowest BCUT2D eigenvalue weighted by molar-refractivity contribution is 0.287. The molecule has 0 radical (unpaired) electrons. The van der Waals surface area contributed by atoms with E-state index >= 15 is 0 Å². The van der Waals surface area contributed by atoms with Crippen molar-refractivity contribution in [3.63, 3.8) is 0 Å². The summed E-state index contributed by atoms with van der Waals surface area (Å²) in [6, 6.07) is 0. The van der Waals surface area contributed by atoms with Crippen molar-refractivity contribution in [2.75, 3.05) is 11.2 Å². The molecule has 0 atom stereocenters.